The summed E-state index contributed by atoms with van der Waals surface area (Å²) in [6.45, 7) is 4.43. The Kier molecular flexibility index (Phi) is 3.26. The number of nitrogens with zero attached hydrogens (tertiary/aromatic N) is 2. The van der Waals surface area contributed by atoms with E-state index in [0.29, 0.717) is 23.6 Å². The molecule has 1 aromatic rings. The smallest absolute Gasteiger partial charge is 0.310 e. The molecule has 3 atom stereocenters. The van der Waals surface area contributed by atoms with Crippen LogP contribution in [0.5, 0.6) is 0 Å². The van der Waals surface area contributed by atoms with E-state index in [4.69, 9.17) is 0 Å². The molecule has 0 amide bonds. The zero-order valence-corrected chi connectivity index (χ0v) is 10.1. The first kappa shape index (κ1) is 11.8. The van der Waals surface area contributed by atoms with Crippen molar-refractivity contribution in [3.63, 3.8) is 0 Å². The average molecular weight is 235 g/mol. The largest absolute Gasteiger partial charge is 0.376 e. The first-order chi connectivity index (χ1) is 8.09. The Morgan fingerprint density at radius 2 is 2.24 bits per heavy atom. The highest BCUT2D eigenvalue weighted by Gasteiger charge is 2.30. The summed E-state index contributed by atoms with van der Waals surface area (Å²) in [4.78, 5) is 14.3. The van der Waals surface area contributed by atoms with Gasteiger partial charge in [0.05, 0.1) is 4.92 Å². The van der Waals surface area contributed by atoms with Crippen LogP contribution in [0.4, 0.5) is 11.4 Å². The quantitative estimate of drug-likeness (QED) is 0.646. The van der Waals surface area contributed by atoms with Crippen LogP contribution < -0.4 is 5.32 Å². The van der Waals surface area contributed by atoms with E-state index < -0.39 is 4.92 Å². The summed E-state index contributed by atoms with van der Waals surface area (Å²) < 4.78 is 0. The Labute approximate surface area is 100 Å². The second-order valence-electron chi connectivity index (χ2n) is 4.81. The minimum absolute atomic E-state index is 0.0549. The lowest BCUT2D eigenvalue weighted by molar-refractivity contribution is -0.384. The zero-order valence-electron chi connectivity index (χ0n) is 10.1. The molecule has 1 saturated carbocycles. The van der Waals surface area contributed by atoms with Crippen molar-refractivity contribution in [1.29, 1.82) is 0 Å². The summed E-state index contributed by atoms with van der Waals surface area (Å²) in [7, 11) is 0. The topological polar surface area (TPSA) is 68.1 Å². The lowest BCUT2D eigenvalue weighted by Crippen LogP contribution is -2.24. The molecule has 0 spiro atoms. The molecule has 5 heteroatoms. The second kappa shape index (κ2) is 4.69. The van der Waals surface area contributed by atoms with Crippen LogP contribution in [-0.4, -0.2) is 15.9 Å². The highest BCUT2D eigenvalue weighted by Crippen LogP contribution is 2.34. The predicted octanol–water partition coefficient (Wildman–Crippen LogP) is 2.84. The third-order valence-corrected chi connectivity index (χ3v) is 3.80. The summed E-state index contributed by atoms with van der Waals surface area (Å²) in [5, 5.41) is 14.2. The molecule has 1 heterocycles. The van der Waals surface area contributed by atoms with E-state index in [0.717, 1.165) is 6.42 Å². The summed E-state index contributed by atoms with van der Waals surface area (Å²) in [5.41, 5.74) is 0.634. The van der Waals surface area contributed by atoms with Crippen molar-refractivity contribution in [1.82, 2.24) is 4.98 Å². The number of hydrogen-bond acceptors (Lipinski definition) is 4. The summed E-state index contributed by atoms with van der Waals surface area (Å²) >= 11 is 0. The molecule has 0 aliphatic heterocycles. The van der Waals surface area contributed by atoms with Gasteiger partial charge in [0.25, 0.3) is 0 Å². The maximum absolute atomic E-state index is 10.9. The van der Waals surface area contributed by atoms with Gasteiger partial charge in [0.15, 0.2) is 0 Å². The van der Waals surface area contributed by atoms with E-state index in [9.17, 15) is 10.1 Å². The van der Waals surface area contributed by atoms with Crippen LogP contribution in [0.25, 0.3) is 0 Å². The van der Waals surface area contributed by atoms with Crippen molar-refractivity contribution < 1.29 is 4.92 Å². The number of rotatable bonds is 3. The Balaban J connectivity index is 2.16. The molecule has 0 radical (unpaired) electrons. The fourth-order valence-electron chi connectivity index (χ4n) is 2.42. The van der Waals surface area contributed by atoms with Crippen LogP contribution in [0.15, 0.2) is 18.5 Å². The molecule has 0 saturated heterocycles. The average Bonchev–Trinajstić information content (AvgIpc) is 2.61. The Morgan fingerprint density at radius 3 is 2.82 bits per heavy atom. The lowest BCUT2D eigenvalue weighted by atomic mass is 9.97. The van der Waals surface area contributed by atoms with Crippen LogP contribution in [0.2, 0.25) is 0 Å². The van der Waals surface area contributed by atoms with Gasteiger partial charge in [-0.3, -0.25) is 15.1 Å². The van der Waals surface area contributed by atoms with Crippen molar-refractivity contribution in [3.05, 3.63) is 28.6 Å². The molecule has 1 aliphatic carbocycles. The molecule has 17 heavy (non-hydrogen) atoms. The molecule has 3 unspecified atom stereocenters. The SMILES string of the molecule is CC1CCC(Nc2ccncc2[N+](=O)[O-])C1C. The molecule has 0 aromatic carbocycles. The van der Waals surface area contributed by atoms with E-state index >= 15 is 0 Å². The van der Waals surface area contributed by atoms with Gasteiger partial charge in [0.1, 0.15) is 11.9 Å². The third kappa shape index (κ3) is 2.38. The van der Waals surface area contributed by atoms with Crippen molar-refractivity contribution in [3.8, 4) is 0 Å². The van der Waals surface area contributed by atoms with Gasteiger partial charge in [-0.1, -0.05) is 13.8 Å². The van der Waals surface area contributed by atoms with Crippen LogP contribution in [-0.2, 0) is 0 Å². The van der Waals surface area contributed by atoms with Gasteiger partial charge in [0, 0.05) is 12.2 Å². The third-order valence-electron chi connectivity index (χ3n) is 3.80. The Hall–Kier alpha value is -1.65. The van der Waals surface area contributed by atoms with Crippen LogP contribution in [0, 0.1) is 22.0 Å². The molecule has 1 N–H and O–H groups in total. The summed E-state index contributed by atoms with van der Waals surface area (Å²) in [5.74, 6) is 1.22. The predicted molar refractivity (Wildman–Crippen MR) is 65.9 cm³/mol. The molecule has 1 aromatic heterocycles. The maximum Gasteiger partial charge on any atom is 0.310 e. The number of nitro groups is 1. The highest BCUT2D eigenvalue weighted by molar-refractivity contribution is 5.60. The van der Waals surface area contributed by atoms with Crippen molar-refractivity contribution in [2.75, 3.05) is 5.32 Å². The molecule has 92 valence electrons. The summed E-state index contributed by atoms with van der Waals surface area (Å²) in [6, 6.07) is 2.00. The molecule has 1 aliphatic rings. The fourth-order valence-corrected chi connectivity index (χ4v) is 2.42. The Bertz CT molecular complexity index is 422. The normalized spacial score (nSPS) is 28.0. The van der Waals surface area contributed by atoms with Gasteiger partial charge < -0.3 is 5.32 Å². The van der Waals surface area contributed by atoms with E-state index in [-0.39, 0.29) is 5.69 Å². The second-order valence-corrected chi connectivity index (χ2v) is 4.81. The Morgan fingerprint density at radius 1 is 1.47 bits per heavy atom. The minimum atomic E-state index is -0.390. The van der Waals surface area contributed by atoms with Gasteiger partial charge >= 0.3 is 5.69 Å². The first-order valence-electron chi connectivity index (χ1n) is 5.94. The minimum Gasteiger partial charge on any atom is -0.376 e. The number of hydrogen-bond donors (Lipinski definition) is 1. The van der Waals surface area contributed by atoms with Gasteiger partial charge in [-0.25, -0.2) is 0 Å². The molecule has 2 rings (SSSR count). The van der Waals surface area contributed by atoms with E-state index in [1.54, 1.807) is 12.3 Å². The molecule has 0 bridgehead atoms. The van der Waals surface area contributed by atoms with Gasteiger partial charge in [-0.2, -0.15) is 0 Å². The van der Waals surface area contributed by atoms with Gasteiger partial charge in [0.2, 0.25) is 0 Å². The molecule has 1 fully saturated rings. The fraction of sp³-hybridized carbons (Fsp3) is 0.583. The number of nitrogens with one attached hydrogen (secondary N) is 1. The van der Waals surface area contributed by atoms with Gasteiger partial charge in [-0.05, 0) is 30.7 Å². The van der Waals surface area contributed by atoms with E-state index in [1.807, 2.05) is 0 Å². The van der Waals surface area contributed by atoms with Crippen LogP contribution in [0.1, 0.15) is 26.7 Å². The maximum atomic E-state index is 10.9. The van der Waals surface area contributed by atoms with Crippen LogP contribution in [0.3, 0.4) is 0 Å². The monoisotopic (exact) mass is 235 g/mol. The highest BCUT2D eigenvalue weighted by atomic mass is 16.6. The molecular formula is C12H17N3O2. The van der Waals surface area contributed by atoms with Crippen molar-refractivity contribution >= 4 is 11.4 Å². The standard InChI is InChI=1S/C12H17N3O2/c1-8-3-4-10(9(8)2)14-11-5-6-13-7-12(11)15(16)17/h5-10H,3-4H2,1-2H3,(H,13,14). The lowest BCUT2D eigenvalue weighted by Gasteiger charge is -2.20. The van der Waals surface area contributed by atoms with Crippen molar-refractivity contribution in [2.45, 2.75) is 32.7 Å². The number of aromatic nitrogens is 1. The zero-order chi connectivity index (χ0) is 12.4. The van der Waals surface area contributed by atoms with Crippen LogP contribution >= 0.6 is 0 Å². The van der Waals surface area contributed by atoms with E-state index in [1.165, 1.54) is 12.6 Å². The van der Waals surface area contributed by atoms with E-state index in [2.05, 4.69) is 24.1 Å². The summed E-state index contributed by atoms with van der Waals surface area (Å²) in [6.07, 6.45) is 5.13. The first-order valence-corrected chi connectivity index (χ1v) is 5.94. The van der Waals surface area contributed by atoms with Crippen molar-refractivity contribution in [2.24, 2.45) is 11.8 Å². The molecule has 5 nitrogen and oxygen atoms in total. The van der Waals surface area contributed by atoms with Gasteiger partial charge in [-0.15, -0.1) is 0 Å². The number of pyridine rings is 1. The molecular weight excluding hydrogens is 218 g/mol. The number of anilines is 1.